The number of hydrogen-bond donors (Lipinski definition) is 2. The van der Waals surface area contributed by atoms with Crippen LogP contribution < -0.4 is 10.6 Å². The molecule has 2 N–H and O–H groups in total. The van der Waals surface area contributed by atoms with E-state index in [1.165, 1.54) is 5.56 Å². The first-order valence-corrected chi connectivity index (χ1v) is 16.0. The van der Waals surface area contributed by atoms with Gasteiger partial charge in [-0.2, -0.15) is 0 Å². The van der Waals surface area contributed by atoms with Gasteiger partial charge in [0.2, 0.25) is 5.91 Å². The van der Waals surface area contributed by atoms with E-state index in [4.69, 9.17) is 9.72 Å². The van der Waals surface area contributed by atoms with E-state index in [0.717, 1.165) is 32.4 Å². The van der Waals surface area contributed by atoms with Crippen molar-refractivity contribution in [1.29, 1.82) is 0 Å². The highest BCUT2D eigenvalue weighted by Crippen LogP contribution is 2.30. The molecule has 2 amide bonds. The number of nitrogens with one attached hydrogen (secondary N) is 2. The third kappa shape index (κ3) is 10.5. The van der Waals surface area contributed by atoms with Crippen molar-refractivity contribution in [2.45, 2.75) is 77.7 Å². The normalized spacial score (nSPS) is 19.0. The predicted molar refractivity (Wildman–Crippen MR) is 186 cm³/mol. The number of anilines is 1. The molecule has 9 nitrogen and oxygen atoms in total. The number of ether oxygens (including phenoxy) is 1. The molecule has 2 aliphatic rings. The van der Waals surface area contributed by atoms with Gasteiger partial charge in [0.25, 0.3) is 5.91 Å². The summed E-state index contributed by atoms with van der Waals surface area (Å²) >= 11 is 0. The molecule has 0 bridgehead atoms. The minimum Gasteiger partial charge on any atom is -0.385 e. The van der Waals surface area contributed by atoms with Crippen LogP contribution in [0.3, 0.4) is 0 Å². The van der Waals surface area contributed by atoms with Gasteiger partial charge >= 0.3 is 0 Å². The van der Waals surface area contributed by atoms with Crippen molar-refractivity contribution in [2.24, 2.45) is 11.8 Å². The van der Waals surface area contributed by atoms with E-state index in [2.05, 4.69) is 80.6 Å². The number of amides is 2. The highest BCUT2D eigenvalue weighted by molar-refractivity contribution is 5.98. The van der Waals surface area contributed by atoms with Gasteiger partial charge in [-0.1, -0.05) is 65.0 Å². The quantitative estimate of drug-likeness (QED) is 0.304. The maximum atomic E-state index is 14.3. The van der Waals surface area contributed by atoms with Gasteiger partial charge in [-0.25, -0.2) is 9.97 Å². The van der Waals surface area contributed by atoms with Crippen molar-refractivity contribution in [3.63, 3.8) is 0 Å². The molecule has 0 unspecified atom stereocenters. The van der Waals surface area contributed by atoms with Crippen LogP contribution >= 0.6 is 24.8 Å². The van der Waals surface area contributed by atoms with Gasteiger partial charge in [-0.15, -0.1) is 24.8 Å². The Balaban J connectivity index is 0.00000353. The molecule has 0 radical (unpaired) electrons. The summed E-state index contributed by atoms with van der Waals surface area (Å²) in [4.78, 5) is 41.4. The lowest BCUT2D eigenvalue weighted by atomic mass is 9.87. The Labute approximate surface area is 282 Å². The van der Waals surface area contributed by atoms with Crippen molar-refractivity contribution in [3.05, 3.63) is 53.5 Å². The second-order valence-corrected chi connectivity index (χ2v) is 13.6. The summed E-state index contributed by atoms with van der Waals surface area (Å²) in [7, 11) is 1.68. The molecule has 3 heterocycles. The number of methoxy groups -OCH3 is 1. The van der Waals surface area contributed by atoms with E-state index in [1.807, 2.05) is 9.80 Å². The largest absolute Gasteiger partial charge is 0.385 e. The first kappa shape index (κ1) is 38.7. The number of benzene rings is 1. The lowest BCUT2D eigenvalue weighted by Gasteiger charge is -2.41. The molecule has 4 rings (SSSR count). The van der Waals surface area contributed by atoms with Crippen molar-refractivity contribution in [2.75, 3.05) is 58.3 Å². The molecule has 45 heavy (non-hydrogen) atoms. The minimum atomic E-state index is -0.251. The van der Waals surface area contributed by atoms with Gasteiger partial charge in [0.15, 0.2) is 0 Å². The predicted octanol–water partition coefficient (Wildman–Crippen LogP) is 5.55. The Hall–Kier alpha value is -2.46. The van der Waals surface area contributed by atoms with Crippen molar-refractivity contribution in [1.82, 2.24) is 25.1 Å². The van der Waals surface area contributed by atoms with Crippen LogP contribution in [0.4, 0.5) is 5.82 Å². The zero-order valence-electron chi connectivity index (χ0n) is 27.9. The molecule has 0 aliphatic carbocycles. The molecular weight excluding hydrogens is 611 g/mol. The average Bonchev–Trinajstić information content (AvgIpc) is 3.01. The summed E-state index contributed by atoms with van der Waals surface area (Å²) in [6.45, 7) is 15.2. The summed E-state index contributed by atoms with van der Waals surface area (Å²) in [5.74, 6) is 1.99. The molecule has 252 valence electrons. The number of carbonyl (C=O) groups is 2. The number of halogens is 2. The van der Waals surface area contributed by atoms with Gasteiger partial charge in [-0.05, 0) is 43.1 Å². The van der Waals surface area contributed by atoms with Crippen LogP contribution in [0, 0.1) is 11.8 Å². The Morgan fingerprint density at radius 2 is 1.80 bits per heavy atom. The van der Waals surface area contributed by atoms with Crippen LogP contribution in [0.25, 0.3) is 0 Å². The Bertz CT molecular complexity index is 1200. The van der Waals surface area contributed by atoms with Crippen LogP contribution in [0.1, 0.15) is 88.0 Å². The lowest BCUT2D eigenvalue weighted by molar-refractivity contribution is -0.137. The van der Waals surface area contributed by atoms with Crippen LogP contribution in [0.15, 0.2) is 36.5 Å². The summed E-state index contributed by atoms with van der Waals surface area (Å²) in [5.41, 5.74) is 1.59. The first-order chi connectivity index (χ1) is 20.6. The second kappa shape index (κ2) is 18.0. The van der Waals surface area contributed by atoms with Gasteiger partial charge in [0, 0.05) is 70.6 Å². The van der Waals surface area contributed by atoms with Crippen LogP contribution in [-0.2, 0) is 14.9 Å². The van der Waals surface area contributed by atoms with Crippen molar-refractivity contribution < 1.29 is 14.3 Å². The van der Waals surface area contributed by atoms with Gasteiger partial charge in [-0.3, -0.25) is 9.59 Å². The zero-order chi connectivity index (χ0) is 31.0. The van der Waals surface area contributed by atoms with E-state index in [9.17, 15) is 9.59 Å². The number of rotatable bonds is 11. The van der Waals surface area contributed by atoms with Crippen LogP contribution in [0.2, 0.25) is 0 Å². The molecule has 2 atom stereocenters. The van der Waals surface area contributed by atoms with E-state index in [0.29, 0.717) is 62.3 Å². The molecule has 0 saturated carbocycles. The Kier molecular flexibility index (Phi) is 15.5. The maximum Gasteiger partial charge on any atom is 0.259 e. The number of hydrogen-bond acceptors (Lipinski definition) is 7. The number of piperidine rings is 2. The summed E-state index contributed by atoms with van der Waals surface area (Å²) in [6.07, 6.45) is 5.11. The Morgan fingerprint density at radius 3 is 2.42 bits per heavy atom. The summed E-state index contributed by atoms with van der Waals surface area (Å²) in [6, 6.07) is 10.5. The molecule has 1 aromatic carbocycles. The van der Waals surface area contributed by atoms with E-state index in [-0.39, 0.29) is 59.9 Å². The third-order valence-corrected chi connectivity index (χ3v) is 8.53. The first-order valence-electron chi connectivity index (χ1n) is 16.0. The van der Waals surface area contributed by atoms with Crippen LogP contribution in [0.5, 0.6) is 0 Å². The fraction of sp³-hybridized carbons (Fsp3) is 0.647. The van der Waals surface area contributed by atoms with Crippen molar-refractivity contribution >= 4 is 42.4 Å². The fourth-order valence-electron chi connectivity index (χ4n) is 6.17. The molecule has 2 aromatic rings. The number of carbonyl (C=O) groups excluding carboxylic acids is 2. The average molecular weight is 666 g/mol. The minimum absolute atomic E-state index is 0. The van der Waals surface area contributed by atoms with Gasteiger partial charge in [0.05, 0.1) is 5.92 Å². The molecule has 11 heteroatoms. The monoisotopic (exact) mass is 664 g/mol. The molecule has 2 saturated heterocycles. The standard InChI is InChI=1S/C34H52N6O3.2ClH/c1-24(2)23-40(32(42)29-22-37-33(34(3,4)5)38-30(29)36-15-10-18-43-6)28-19-27(20-35-21-28)31(41)39-16-13-26(14-17-39)25-11-8-7-9-12-25;;/h7-9,11-12,22,24,26-28,35H,10,13-21,23H2,1-6H3,(H,36,37,38);2*1H/t27-,28+;;/m1../s1. The summed E-state index contributed by atoms with van der Waals surface area (Å²) < 4.78 is 5.21. The summed E-state index contributed by atoms with van der Waals surface area (Å²) in [5, 5.41) is 6.87. The highest BCUT2D eigenvalue weighted by Gasteiger charge is 2.37. The molecule has 2 fully saturated rings. The molecule has 0 spiro atoms. The third-order valence-electron chi connectivity index (χ3n) is 8.53. The van der Waals surface area contributed by atoms with Crippen molar-refractivity contribution in [3.8, 4) is 0 Å². The van der Waals surface area contributed by atoms with E-state index < -0.39 is 0 Å². The van der Waals surface area contributed by atoms with Gasteiger partial charge < -0.3 is 25.2 Å². The van der Waals surface area contributed by atoms with E-state index >= 15 is 0 Å². The van der Waals surface area contributed by atoms with Crippen LogP contribution in [-0.4, -0.2) is 90.6 Å². The lowest BCUT2D eigenvalue weighted by Crippen LogP contribution is -2.55. The molecular formula is C34H54Cl2N6O3. The smallest absolute Gasteiger partial charge is 0.259 e. The highest BCUT2D eigenvalue weighted by atomic mass is 35.5. The van der Waals surface area contributed by atoms with Gasteiger partial charge in [0.1, 0.15) is 17.2 Å². The topological polar surface area (TPSA) is 99.7 Å². The molecule has 2 aliphatic heterocycles. The number of aromatic nitrogens is 2. The fourth-order valence-corrected chi connectivity index (χ4v) is 6.17. The Morgan fingerprint density at radius 1 is 1.11 bits per heavy atom. The SMILES string of the molecule is COCCCNc1nc(C(C)(C)C)ncc1C(=O)N(CC(C)C)[C@@H]1CNC[C@H](C(=O)N2CCC(c3ccccc3)CC2)C1.Cl.Cl. The number of nitrogens with zero attached hydrogens (tertiary/aromatic N) is 4. The maximum absolute atomic E-state index is 14.3. The zero-order valence-corrected chi connectivity index (χ0v) is 29.5. The van der Waals surface area contributed by atoms with E-state index in [1.54, 1.807) is 13.3 Å². The molecule has 1 aromatic heterocycles. The number of likely N-dealkylation sites (tertiary alicyclic amines) is 1. The second-order valence-electron chi connectivity index (χ2n) is 13.6.